The van der Waals surface area contributed by atoms with Gasteiger partial charge in [-0.25, -0.2) is 4.68 Å². The van der Waals surface area contributed by atoms with Gasteiger partial charge in [0.1, 0.15) is 11.0 Å². The van der Waals surface area contributed by atoms with Crippen molar-refractivity contribution in [3.05, 3.63) is 33.4 Å². The number of aryl methyl sites for hydroxylation is 1. The molecule has 0 spiro atoms. The molecule has 0 bridgehead atoms. The summed E-state index contributed by atoms with van der Waals surface area (Å²) in [5.41, 5.74) is 1.10. The van der Waals surface area contributed by atoms with E-state index in [1.54, 1.807) is 17.1 Å². The van der Waals surface area contributed by atoms with Crippen molar-refractivity contribution in [2.75, 3.05) is 5.32 Å². The first-order chi connectivity index (χ1) is 9.15. The first-order valence-electron chi connectivity index (χ1n) is 5.64. The molecule has 0 fully saturated rings. The predicted molar refractivity (Wildman–Crippen MR) is 76.2 cm³/mol. The lowest BCUT2D eigenvalue weighted by Crippen LogP contribution is -2.23. The normalized spacial score (nSPS) is 10.2. The van der Waals surface area contributed by atoms with Crippen LogP contribution in [0.25, 0.3) is 0 Å². The van der Waals surface area contributed by atoms with Crippen molar-refractivity contribution in [2.45, 2.75) is 20.0 Å². The lowest BCUT2D eigenvalue weighted by Gasteiger charge is -2.07. The lowest BCUT2D eigenvalue weighted by atomic mass is 10.4. The van der Waals surface area contributed by atoms with Gasteiger partial charge in [0, 0.05) is 12.7 Å². The van der Waals surface area contributed by atoms with E-state index in [1.807, 2.05) is 13.1 Å². The molecule has 2 aromatic heterocycles. The van der Waals surface area contributed by atoms with Crippen molar-refractivity contribution in [1.29, 1.82) is 0 Å². The van der Waals surface area contributed by atoms with Gasteiger partial charge in [0.25, 0.3) is 5.56 Å². The van der Waals surface area contributed by atoms with E-state index < -0.39 is 0 Å². The van der Waals surface area contributed by atoms with E-state index in [2.05, 4.69) is 37.4 Å². The van der Waals surface area contributed by atoms with Crippen LogP contribution in [0.3, 0.4) is 0 Å². The number of aromatic nitrogens is 4. The molecule has 6 nitrogen and oxygen atoms in total. The Hall–Kier alpha value is -2.07. The molecule has 0 amide bonds. The van der Waals surface area contributed by atoms with Gasteiger partial charge >= 0.3 is 0 Å². The minimum absolute atomic E-state index is 0.144. The number of nitrogens with one attached hydrogen (secondary N) is 1. The highest BCUT2D eigenvalue weighted by atomic mass is 79.9. The highest BCUT2D eigenvalue weighted by molar-refractivity contribution is 9.10. The van der Waals surface area contributed by atoms with Crippen molar-refractivity contribution in [2.24, 2.45) is 0 Å². The van der Waals surface area contributed by atoms with Gasteiger partial charge in [-0.05, 0) is 22.9 Å². The van der Waals surface area contributed by atoms with E-state index >= 15 is 0 Å². The Kier molecular flexibility index (Phi) is 4.02. The van der Waals surface area contributed by atoms with Crippen LogP contribution in [0.2, 0.25) is 0 Å². The minimum Gasteiger partial charge on any atom is -0.351 e. The van der Waals surface area contributed by atoms with Gasteiger partial charge in [-0.3, -0.25) is 9.48 Å². The van der Waals surface area contributed by atoms with E-state index in [0.717, 1.165) is 12.2 Å². The third kappa shape index (κ3) is 2.85. The topological polar surface area (TPSA) is 64.7 Å². The summed E-state index contributed by atoms with van der Waals surface area (Å²) in [4.78, 5) is 11.9. The van der Waals surface area contributed by atoms with Crippen molar-refractivity contribution in [1.82, 2.24) is 19.6 Å². The lowest BCUT2D eigenvalue weighted by molar-refractivity contribution is 0.659. The van der Waals surface area contributed by atoms with Gasteiger partial charge in [-0.1, -0.05) is 5.92 Å². The Labute approximate surface area is 118 Å². The molecule has 7 heteroatoms. The Morgan fingerprint density at radius 3 is 2.89 bits per heavy atom. The van der Waals surface area contributed by atoms with Crippen LogP contribution in [0, 0.1) is 12.3 Å². The summed E-state index contributed by atoms with van der Waals surface area (Å²) in [6, 6.07) is 0. The number of terminal acetylenes is 1. The van der Waals surface area contributed by atoms with Crippen LogP contribution in [0.4, 0.5) is 11.4 Å². The Morgan fingerprint density at radius 2 is 2.26 bits per heavy atom. The van der Waals surface area contributed by atoms with E-state index in [1.165, 1.54) is 4.68 Å². The van der Waals surface area contributed by atoms with Crippen molar-refractivity contribution >= 4 is 27.3 Å². The second kappa shape index (κ2) is 5.71. The molecule has 0 saturated heterocycles. The van der Waals surface area contributed by atoms with Crippen LogP contribution in [0.15, 0.2) is 27.9 Å². The molecule has 2 aromatic rings. The van der Waals surface area contributed by atoms with Gasteiger partial charge < -0.3 is 5.32 Å². The average molecular weight is 322 g/mol. The number of hydrogen-bond donors (Lipinski definition) is 1. The Bertz CT molecular complexity index is 682. The van der Waals surface area contributed by atoms with Gasteiger partial charge in [0.2, 0.25) is 0 Å². The van der Waals surface area contributed by atoms with E-state index in [0.29, 0.717) is 10.2 Å². The largest absolute Gasteiger partial charge is 0.351 e. The molecular weight excluding hydrogens is 310 g/mol. The second-order valence-corrected chi connectivity index (χ2v) is 4.54. The third-order valence-corrected chi connectivity index (χ3v) is 3.23. The van der Waals surface area contributed by atoms with Crippen LogP contribution in [-0.4, -0.2) is 19.6 Å². The smallest absolute Gasteiger partial charge is 0.284 e. The van der Waals surface area contributed by atoms with Crippen LogP contribution in [-0.2, 0) is 13.1 Å². The molecule has 0 aliphatic rings. The van der Waals surface area contributed by atoms with Gasteiger partial charge in [0.05, 0.1) is 23.8 Å². The molecule has 0 aromatic carbocycles. The third-order valence-electron chi connectivity index (χ3n) is 2.46. The van der Waals surface area contributed by atoms with Crippen LogP contribution >= 0.6 is 15.9 Å². The predicted octanol–water partition coefficient (Wildman–Crippen LogP) is 1.60. The standard InChI is InChI=1S/C12H12BrN5O/c1-3-5-18-12(19)11(13)10(7-15-18)16-9-6-14-17(4-2)8-9/h1,6-8,16H,4-5H2,2H3. The quantitative estimate of drug-likeness (QED) is 0.869. The number of anilines is 2. The fraction of sp³-hybridized carbons (Fsp3) is 0.250. The molecule has 0 aliphatic carbocycles. The Morgan fingerprint density at radius 1 is 1.47 bits per heavy atom. The first-order valence-corrected chi connectivity index (χ1v) is 6.43. The van der Waals surface area contributed by atoms with Crippen molar-refractivity contribution < 1.29 is 0 Å². The maximum atomic E-state index is 11.9. The van der Waals surface area contributed by atoms with Crippen molar-refractivity contribution in [3.63, 3.8) is 0 Å². The molecule has 2 rings (SSSR count). The maximum Gasteiger partial charge on any atom is 0.284 e. The van der Waals surface area contributed by atoms with Crippen molar-refractivity contribution in [3.8, 4) is 12.3 Å². The highest BCUT2D eigenvalue weighted by Gasteiger charge is 2.09. The first kappa shape index (κ1) is 13.4. The van der Waals surface area contributed by atoms with E-state index in [-0.39, 0.29) is 12.1 Å². The fourth-order valence-electron chi connectivity index (χ4n) is 1.51. The highest BCUT2D eigenvalue weighted by Crippen LogP contribution is 2.21. The van der Waals surface area contributed by atoms with E-state index in [4.69, 9.17) is 6.42 Å². The zero-order valence-corrected chi connectivity index (χ0v) is 11.9. The maximum absolute atomic E-state index is 11.9. The van der Waals surface area contributed by atoms with Gasteiger partial charge in [0.15, 0.2) is 0 Å². The molecule has 0 aliphatic heterocycles. The summed E-state index contributed by atoms with van der Waals surface area (Å²) in [5.74, 6) is 2.38. The minimum atomic E-state index is -0.272. The molecule has 0 atom stereocenters. The number of nitrogens with zero attached hydrogens (tertiary/aromatic N) is 4. The zero-order valence-electron chi connectivity index (χ0n) is 10.3. The van der Waals surface area contributed by atoms with Crippen LogP contribution < -0.4 is 10.9 Å². The van der Waals surface area contributed by atoms with Crippen LogP contribution in [0.5, 0.6) is 0 Å². The molecule has 0 unspecified atom stereocenters. The van der Waals surface area contributed by atoms with Gasteiger partial charge in [-0.2, -0.15) is 10.2 Å². The zero-order chi connectivity index (χ0) is 13.8. The molecule has 98 valence electrons. The number of hydrogen-bond acceptors (Lipinski definition) is 4. The van der Waals surface area contributed by atoms with E-state index in [9.17, 15) is 4.79 Å². The summed E-state index contributed by atoms with van der Waals surface area (Å²) < 4.78 is 3.38. The molecule has 19 heavy (non-hydrogen) atoms. The summed E-state index contributed by atoms with van der Waals surface area (Å²) in [7, 11) is 0. The summed E-state index contributed by atoms with van der Waals surface area (Å²) in [6.45, 7) is 2.92. The monoisotopic (exact) mass is 321 g/mol. The fourth-order valence-corrected chi connectivity index (χ4v) is 1.91. The summed E-state index contributed by atoms with van der Waals surface area (Å²) in [5, 5.41) is 11.2. The molecule has 2 heterocycles. The molecule has 0 saturated carbocycles. The SMILES string of the molecule is C#CCn1ncc(Nc2cnn(CC)c2)c(Br)c1=O. The average Bonchev–Trinajstić information content (AvgIpc) is 2.86. The van der Waals surface area contributed by atoms with Gasteiger partial charge in [-0.15, -0.1) is 6.42 Å². The molecule has 0 radical (unpaired) electrons. The summed E-state index contributed by atoms with van der Waals surface area (Å²) in [6.07, 6.45) is 10.2. The second-order valence-electron chi connectivity index (χ2n) is 3.75. The molecular formula is C12H12BrN5O. The Balaban J connectivity index is 2.29. The van der Waals surface area contributed by atoms with Crippen LogP contribution in [0.1, 0.15) is 6.92 Å². The number of halogens is 1. The molecule has 1 N–H and O–H groups in total. The summed E-state index contributed by atoms with van der Waals surface area (Å²) >= 11 is 3.25. The number of rotatable bonds is 4.